The van der Waals surface area contributed by atoms with Crippen LogP contribution in [-0.2, 0) is 9.59 Å². The first-order chi connectivity index (χ1) is 9.54. The summed E-state index contributed by atoms with van der Waals surface area (Å²) in [6.45, 7) is 8.95. The number of urea groups is 1. The maximum absolute atomic E-state index is 11.6. The molecule has 0 radical (unpaired) electrons. The van der Waals surface area contributed by atoms with E-state index in [4.69, 9.17) is 0 Å². The second-order valence-electron chi connectivity index (χ2n) is 6.07. The Hall–Kier alpha value is -1.63. The van der Waals surface area contributed by atoms with Crippen molar-refractivity contribution in [3.05, 3.63) is 0 Å². The molecule has 0 aliphatic heterocycles. The third-order valence-electron chi connectivity index (χ3n) is 3.86. The number of aliphatic carboxylic acids is 1. The molecule has 122 valence electrons. The summed E-state index contributed by atoms with van der Waals surface area (Å²) < 4.78 is 0. The molecule has 0 saturated carbocycles. The summed E-state index contributed by atoms with van der Waals surface area (Å²) in [5.74, 6) is -1.46. The van der Waals surface area contributed by atoms with E-state index in [1.165, 1.54) is 0 Å². The Balaban J connectivity index is 4.30. The third-order valence-corrected chi connectivity index (χ3v) is 3.86. The number of hydrogen-bond donors (Lipinski definition) is 4. The first-order valence-electron chi connectivity index (χ1n) is 7.10. The Morgan fingerprint density at radius 1 is 1.10 bits per heavy atom. The topological polar surface area (TPSA) is 108 Å². The minimum atomic E-state index is -1.06. The average molecular weight is 301 g/mol. The lowest BCUT2D eigenvalue weighted by atomic mass is 9.74. The fourth-order valence-electron chi connectivity index (χ4n) is 1.38. The van der Waals surface area contributed by atoms with Gasteiger partial charge in [-0.2, -0.15) is 0 Å². The highest BCUT2D eigenvalue weighted by Gasteiger charge is 2.43. The summed E-state index contributed by atoms with van der Waals surface area (Å²) in [6, 6.07) is -0.537. The molecule has 0 saturated heterocycles. The largest absolute Gasteiger partial charge is 0.481 e. The second kappa shape index (κ2) is 7.97. The molecule has 0 atom stereocenters. The Morgan fingerprint density at radius 2 is 1.67 bits per heavy atom. The number of amides is 3. The van der Waals surface area contributed by atoms with Gasteiger partial charge in [0.25, 0.3) is 0 Å². The Kier molecular flexibility index (Phi) is 7.35. The summed E-state index contributed by atoms with van der Waals surface area (Å²) in [6.07, 6.45) is 1.80. The molecular weight excluding hydrogens is 274 g/mol. The monoisotopic (exact) mass is 301 g/mol. The van der Waals surface area contributed by atoms with Gasteiger partial charge in [0.1, 0.15) is 0 Å². The fourth-order valence-corrected chi connectivity index (χ4v) is 1.38. The molecule has 4 N–H and O–H groups in total. The molecule has 0 spiro atoms. The van der Waals surface area contributed by atoms with Gasteiger partial charge < -0.3 is 15.7 Å². The van der Waals surface area contributed by atoms with Crippen molar-refractivity contribution < 1.29 is 19.5 Å². The van der Waals surface area contributed by atoms with E-state index < -0.39 is 28.9 Å². The molecule has 0 aromatic carbocycles. The van der Waals surface area contributed by atoms with Gasteiger partial charge in [0, 0.05) is 12.1 Å². The van der Waals surface area contributed by atoms with E-state index in [9.17, 15) is 19.5 Å². The van der Waals surface area contributed by atoms with Crippen molar-refractivity contribution in [2.24, 2.45) is 5.41 Å². The zero-order chi connectivity index (χ0) is 16.7. The molecule has 7 nitrogen and oxygen atoms in total. The van der Waals surface area contributed by atoms with E-state index in [0.29, 0.717) is 6.54 Å². The van der Waals surface area contributed by atoms with Crippen molar-refractivity contribution in [1.29, 1.82) is 0 Å². The number of hydrogen-bond acceptors (Lipinski definition) is 4. The van der Waals surface area contributed by atoms with Crippen LogP contribution in [0.15, 0.2) is 0 Å². The number of carbonyl (C=O) groups excluding carboxylic acids is 2. The van der Waals surface area contributed by atoms with Crippen LogP contribution in [0.4, 0.5) is 4.79 Å². The summed E-state index contributed by atoms with van der Waals surface area (Å²) >= 11 is 0. The predicted octanol–water partition coefficient (Wildman–Crippen LogP) is 1.09. The number of unbranched alkanes of at least 4 members (excludes halogenated alkanes) is 1. The molecule has 0 heterocycles. The van der Waals surface area contributed by atoms with Gasteiger partial charge in [0.2, 0.25) is 5.91 Å². The molecule has 0 bridgehead atoms. The normalized spacial score (nSPS) is 11.9. The summed E-state index contributed by atoms with van der Waals surface area (Å²) in [7, 11) is 0. The molecule has 21 heavy (non-hydrogen) atoms. The van der Waals surface area contributed by atoms with E-state index in [0.717, 1.165) is 12.8 Å². The van der Waals surface area contributed by atoms with Crippen LogP contribution < -0.4 is 16.0 Å². The molecule has 0 unspecified atom stereocenters. The predicted molar refractivity (Wildman–Crippen MR) is 79.9 cm³/mol. The first-order valence-corrected chi connectivity index (χ1v) is 7.10. The van der Waals surface area contributed by atoms with E-state index in [2.05, 4.69) is 16.0 Å². The standard InChI is InChI=1S/C14H27N3O4/c1-6-7-8-15-12(21)17-10(18)9-16-14(4,5)13(2,3)11(19)20/h16H,6-9H2,1-5H3,(H,19,20)(H2,15,17,18,21). The van der Waals surface area contributed by atoms with Gasteiger partial charge in [-0.3, -0.25) is 14.9 Å². The molecule has 0 aromatic rings. The molecule has 0 rings (SSSR count). The summed E-state index contributed by atoms with van der Waals surface area (Å²) in [5.41, 5.74) is -1.87. The van der Waals surface area contributed by atoms with Gasteiger partial charge in [-0.15, -0.1) is 0 Å². The molecule has 3 amide bonds. The van der Waals surface area contributed by atoms with Crippen LogP contribution in [0.2, 0.25) is 0 Å². The summed E-state index contributed by atoms with van der Waals surface area (Å²) in [4.78, 5) is 34.3. The van der Waals surface area contributed by atoms with E-state index in [-0.39, 0.29) is 6.54 Å². The zero-order valence-electron chi connectivity index (χ0n) is 13.5. The fraction of sp³-hybridized carbons (Fsp3) is 0.786. The van der Waals surface area contributed by atoms with E-state index >= 15 is 0 Å². The Morgan fingerprint density at radius 3 is 2.14 bits per heavy atom. The van der Waals surface area contributed by atoms with Gasteiger partial charge >= 0.3 is 12.0 Å². The van der Waals surface area contributed by atoms with Crippen molar-refractivity contribution in [2.45, 2.75) is 53.0 Å². The smallest absolute Gasteiger partial charge is 0.321 e. The van der Waals surface area contributed by atoms with Gasteiger partial charge in [-0.25, -0.2) is 4.79 Å². The van der Waals surface area contributed by atoms with Crippen LogP contribution in [-0.4, -0.2) is 41.6 Å². The number of carbonyl (C=O) groups is 3. The highest BCUT2D eigenvalue weighted by Crippen LogP contribution is 2.30. The molecule has 0 aliphatic rings. The maximum atomic E-state index is 11.6. The van der Waals surface area contributed by atoms with Crippen LogP contribution in [0.25, 0.3) is 0 Å². The molecule has 7 heteroatoms. The summed E-state index contributed by atoms with van der Waals surface area (Å²) in [5, 5.41) is 16.8. The number of carboxylic acids is 1. The maximum Gasteiger partial charge on any atom is 0.321 e. The van der Waals surface area contributed by atoms with Gasteiger partial charge in [0.05, 0.1) is 12.0 Å². The minimum absolute atomic E-state index is 0.134. The van der Waals surface area contributed by atoms with Crippen LogP contribution in [0.1, 0.15) is 47.5 Å². The molecular formula is C14H27N3O4. The number of nitrogens with one attached hydrogen (secondary N) is 3. The number of carboxylic acid groups (broad SMARTS) is 1. The number of rotatable bonds is 8. The van der Waals surface area contributed by atoms with Crippen molar-refractivity contribution in [3.63, 3.8) is 0 Å². The third kappa shape index (κ3) is 6.12. The van der Waals surface area contributed by atoms with Crippen LogP contribution in [0.3, 0.4) is 0 Å². The number of imide groups is 1. The first kappa shape index (κ1) is 19.4. The zero-order valence-corrected chi connectivity index (χ0v) is 13.5. The lowest BCUT2D eigenvalue weighted by Crippen LogP contribution is -2.57. The lowest BCUT2D eigenvalue weighted by molar-refractivity contribution is -0.151. The molecule has 0 fully saturated rings. The Labute approximate surface area is 125 Å². The van der Waals surface area contributed by atoms with Crippen molar-refractivity contribution in [2.75, 3.05) is 13.1 Å². The van der Waals surface area contributed by atoms with Gasteiger partial charge in [0.15, 0.2) is 0 Å². The van der Waals surface area contributed by atoms with Crippen LogP contribution in [0.5, 0.6) is 0 Å². The lowest BCUT2D eigenvalue weighted by Gasteiger charge is -2.38. The van der Waals surface area contributed by atoms with Crippen molar-refractivity contribution >= 4 is 17.9 Å². The van der Waals surface area contributed by atoms with Gasteiger partial charge in [-0.1, -0.05) is 13.3 Å². The van der Waals surface area contributed by atoms with Gasteiger partial charge in [-0.05, 0) is 34.1 Å². The van der Waals surface area contributed by atoms with Crippen LogP contribution >= 0.6 is 0 Å². The van der Waals surface area contributed by atoms with Crippen LogP contribution in [0, 0.1) is 5.41 Å². The Bertz CT molecular complexity index is 392. The van der Waals surface area contributed by atoms with Crippen molar-refractivity contribution in [1.82, 2.24) is 16.0 Å². The quantitative estimate of drug-likeness (QED) is 0.502. The highest BCUT2D eigenvalue weighted by molar-refractivity contribution is 5.95. The molecule has 0 aliphatic carbocycles. The highest BCUT2D eigenvalue weighted by atomic mass is 16.4. The average Bonchev–Trinajstić information content (AvgIpc) is 2.36. The SMILES string of the molecule is CCCCNC(=O)NC(=O)CNC(C)(C)C(C)(C)C(=O)O. The molecule has 0 aromatic heterocycles. The minimum Gasteiger partial charge on any atom is -0.481 e. The second-order valence-corrected chi connectivity index (χ2v) is 6.07. The van der Waals surface area contributed by atoms with E-state index in [1.807, 2.05) is 6.92 Å². The van der Waals surface area contributed by atoms with Crippen molar-refractivity contribution in [3.8, 4) is 0 Å². The van der Waals surface area contributed by atoms with E-state index in [1.54, 1.807) is 27.7 Å².